The Bertz CT molecular complexity index is 489. The number of aliphatic hydroxyl groups is 1. The van der Waals surface area contributed by atoms with Crippen LogP contribution in [0.15, 0.2) is 35.4 Å². The summed E-state index contributed by atoms with van der Waals surface area (Å²) in [7, 11) is 0. The summed E-state index contributed by atoms with van der Waals surface area (Å²) in [5.41, 5.74) is 0.710. The molecule has 1 aliphatic heterocycles. The first-order chi connectivity index (χ1) is 8.88. The van der Waals surface area contributed by atoms with Crippen molar-refractivity contribution >= 4 is 11.6 Å². The predicted molar refractivity (Wildman–Crippen MR) is 74.5 cm³/mol. The van der Waals surface area contributed by atoms with Gasteiger partial charge in [0, 0.05) is 12.3 Å². The van der Waals surface area contributed by atoms with Gasteiger partial charge in [-0.3, -0.25) is 4.79 Å². The smallest absolute Gasteiger partial charge is 0.243 e. The first kappa shape index (κ1) is 13.7. The molecule has 1 aromatic rings. The summed E-state index contributed by atoms with van der Waals surface area (Å²) >= 11 is 0. The molecule has 0 bridgehead atoms. The van der Waals surface area contributed by atoms with Crippen molar-refractivity contribution in [3.63, 3.8) is 0 Å². The maximum absolute atomic E-state index is 12.0. The van der Waals surface area contributed by atoms with Crippen molar-refractivity contribution in [2.24, 2.45) is 11.0 Å². The van der Waals surface area contributed by atoms with Gasteiger partial charge in [0.1, 0.15) is 0 Å². The van der Waals surface area contributed by atoms with Crippen LogP contribution in [0.2, 0.25) is 0 Å². The quantitative estimate of drug-likeness (QED) is 0.905. The molecule has 4 heteroatoms. The fraction of sp³-hybridized carbons (Fsp3) is 0.467. The molecule has 2 rings (SSSR count). The summed E-state index contributed by atoms with van der Waals surface area (Å²) in [6.45, 7) is 5.79. The molecule has 0 radical (unpaired) electrons. The molecule has 1 amide bonds. The second-order valence-electron chi connectivity index (χ2n) is 5.59. The molecule has 19 heavy (non-hydrogen) atoms. The number of amides is 1. The Morgan fingerprint density at radius 3 is 2.58 bits per heavy atom. The molecule has 0 aliphatic carbocycles. The predicted octanol–water partition coefficient (Wildman–Crippen LogP) is 2.18. The van der Waals surface area contributed by atoms with E-state index in [1.807, 2.05) is 37.3 Å². The average Bonchev–Trinajstić information content (AvgIpc) is 2.32. The lowest BCUT2D eigenvalue weighted by Gasteiger charge is -2.32. The van der Waals surface area contributed by atoms with E-state index in [9.17, 15) is 9.90 Å². The molecule has 4 nitrogen and oxygen atoms in total. The largest absolute Gasteiger partial charge is 0.384 e. The lowest BCUT2D eigenvalue weighted by Crippen LogP contribution is -2.44. The number of nitrogens with zero attached hydrogens (tertiary/aromatic N) is 2. The number of rotatable bonds is 3. The van der Waals surface area contributed by atoms with E-state index in [1.54, 1.807) is 13.8 Å². The fourth-order valence-corrected chi connectivity index (χ4v) is 2.35. The summed E-state index contributed by atoms with van der Waals surface area (Å²) in [5.74, 6) is -0.0103. The van der Waals surface area contributed by atoms with E-state index >= 15 is 0 Å². The minimum Gasteiger partial charge on any atom is -0.384 e. The molecular formula is C15H20N2O2. The van der Waals surface area contributed by atoms with Crippen LogP contribution in [0, 0.1) is 5.92 Å². The van der Waals surface area contributed by atoms with Crippen molar-refractivity contribution in [1.29, 1.82) is 0 Å². The summed E-state index contributed by atoms with van der Waals surface area (Å²) < 4.78 is 0. The zero-order valence-electron chi connectivity index (χ0n) is 11.6. The van der Waals surface area contributed by atoms with E-state index in [4.69, 9.17) is 0 Å². The van der Waals surface area contributed by atoms with E-state index in [2.05, 4.69) is 5.10 Å². The standard InChI is InChI=1S/C15H20N2O2/c1-11-9-13(18)17(16-14(11)15(2,3)19)10-12-7-5-4-6-8-12/h4-8,11,19H,9-10H2,1-3H3/t11-/m0/s1. The van der Waals surface area contributed by atoms with Gasteiger partial charge >= 0.3 is 0 Å². The summed E-state index contributed by atoms with van der Waals surface area (Å²) in [6, 6.07) is 9.74. The van der Waals surface area contributed by atoms with Crippen molar-refractivity contribution in [2.75, 3.05) is 0 Å². The lowest BCUT2D eigenvalue weighted by molar-refractivity contribution is -0.133. The van der Waals surface area contributed by atoms with Gasteiger partial charge in [-0.15, -0.1) is 0 Å². The number of hydrogen-bond acceptors (Lipinski definition) is 3. The van der Waals surface area contributed by atoms with Crippen molar-refractivity contribution < 1.29 is 9.90 Å². The van der Waals surface area contributed by atoms with Crippen LogP contribution in [0.1, 0.15) is 32.8 Å². The zero-order chi connectivity index (χ0) is 14.0. The number of benzene rings is 1. The molecule has 0 saturated heterocycles. The van der Waals surface area contributed by atoms with Crippen molar-refractivity contribution in [3.8, 4) is 0 Å². The molecule has 0 spiro atoms. The average molecular weight is 260 g/mol. The third-order valence-electron chi connectivity index (χ3n) is 3.27. The second-order valence-corrected chi connectivity index (χ2v) is 5.59. The SMILES string of the molecule is C[C@H]1CC(=O)N(Cc2ccccc2)N=C1C(C)(C)O. The highest BCUT2D eigenvalue weighted by Gasteiger charge is 2.34. The Hall–Kier alpha value is -1.68. The van der Waals surface area contributed by atoms with Crippen molar-refractivity contribution in [1.82, 2.24) is 5.01 Å². The highest BCUT2D eigenvalue weighted by atomic mass is 16.3. The third-order valence-corrected chi connectivity index (χ3v) is 3.27. The Kier molecular flexibility index (Phi) is 3.71. The number of hydrazone groups is 1. The van der Waals surface area contributed by atoms with Gasteiger partial charge in [0.25, 0.3) is 0 Å². The van der Waals surface area contributed by atoms with Crippen LogP contribution >= 0.6 is 0 Å². The van der Waals surface area contributed by atoms with Gasteiger partial charge in [-0.1, -0.05) is 37.3 Å². The maximum Gasteiger partial charge on any atom is 0.243 e. The van der Waals surface area contributed by atoms with Gasteiger partial charge < -0.3 is 5.11 Å². The van der Waals surface area contributed by atoms with E-state index in [0.717, 1.165) is 5.56 Å². The third kappa shape index (κ3) is 3.20. The van der Waals surface area contributed by atoms with Crippen molar-refractivity contribution in [2.45, 2.75) is 39.3 Å². The molecule has 1 atom stereocenters. The molecule has 0 unspecified atom stereocenters. The summed E-state index contributed by atoms with van der Waals surface area (Å²) in [5, 5.41) is 15.9. The minimum atomic E-state index is -0.991. The first-order valence-corrected chi connectivity index (χ1v) is 6.53. The van der Waals surface area contributed by atoms with E-state index < -0.39 is 5.60 Å². The van der Waals surface area contributed by atoms with Gasteiger partial charge in [-0.25, -0.2) is 5.01 Å². The van der Waals surface area contributed by atoms with Gasteiger partial charge in [-0.05, 0) is 19.4 Å². The van der Waals surface area contributed by atoms with Crippen molar-refractivity contribution in [3.05, 3.63) is 35.9 Å². The van der Waals surface area contributed by atoms with E-state index in [0.29, 0.717) is 18.7 Å². The maximum atomic E-state index is 12.0. The van der Waals surface area contributed by atoms with Crippen LogP contribution in [-0.4, -0.2) is 27.3 Å². The topological polar surface area (TPSA) is 52.9 Å². The van der Waals surface area contributed by atoms with Crippen LogP contribution in [0.4, 0.5) is 0 Å². The van der Waals surface area contributed by atoms with Crippen LogP contribution in [0.3, 0.4) is 0 Å². The van der Waals surface area contributed by atoms with Gasteiger partial charge in [0.15, 0.2) is 0 Å². The molecule has 1 N–H and O–H groups in total. The summed E-state index contributed by atoms with van der Waals surface area (Å²) in [6.07, 6.45) is 0.398. The van der Waals surface area contributed by atoms with Gasteiger partial charge in [-0.2, -0.15) is 5.10 Å². The molecule has 0 aromatic heterocycles. The number of carbonyl (C=O) groups is 1. The highest BCUT2D eigenvalue weighted by molar-refractivity contribution is 5.98. The normalized spacial score (nSPS) is 20.4. The van der Waals surface area contributed by atoms with Crippen LogP contribution in [0.25, 0.3) is 0 Å². The van der Waals surface area contributed by atoms with Crippen LogP contribution < -0.4 is 0 Å². The molecule has 1 heterocycles. The second kappa shape index (κ2) is 5.13. The Morgan fingerprint density at radius 2 is 2.00 bits per heavy atom. The monoisotopic (exact) mass is 260 g/mol. The lowest BCUT2D eigenvalue weighted by atomic mass is 9.88. The highest BCUT2D eigenvalue weighted by Crippen LogP contribution is 2.23. The zero-order valence-corrected chi connectivity index (χ0v) is 11.6. The minimum absolute atomic E-state index is 0.00403. The van der Waals surface area contributed by atoms with Crippen LogP contribution in [0.5, 0.6) is 0 Å². The summed E-state index contributed by atoms with van der Waals surface area (Å²) in [4.78, 5) is 12.0. The number of carbonyl (C=O) groups excluding carboxylic acids is 1. The molecule has 0 fully saturated rings. The Labute approximate surface area is 113 Å². The molecular weight excluding hydrogens is 240 g/mol. The molecule has 0 saturated carbocycles. The molecule has 102 valence electrons. The fourth-order valence-electron chi connectivity index (χ4n) is 2.35. The number of hydrogen-bond donors (Lipinski definition) is 1. The van der Waals surface area contributed by atoms with E-state index in [-0.39, 0.29) is 11.8 Å². The van der Waals surface area contributed by atoms with E-state index in [1.165, 1.54) is 5.01 Å². The Balaban J connectivity index is 2.24. The van der Waals surface area contributed by atoms with Gasteiger partial charge in [0.2, 0.25) is 5.91 Å². The molecule has 1 aliphatic rings. The van der Waals surface area contributed by atoms with Gasteiger partial charge in [0.05, 0.1) is 17.9 Å². The first-order valence-electron chi connectivity index (χ1n) is 6.53. The molecule has 1 aromatic carbocycles. The van der Waals surface area contributed by atoms with Crippen LogP contribution in [-0.2, 0) is 11.3 Å². The Morgan fingerprint density at radius 1 is 1.37 bits per heavy atom.